The molecule has 0 aliphatic carbocycles. The Balaban J connectivity index is 3.09. The van der Waals surface area contributed by atoms with Gasteiger partial charge >= 0.3 is 5.97 Å². The van der Waals surface area contributed by atoms with E-state index in [1.165, 1.54) is 12.3 Å². The highest BCUT2D eigenvalue weighted by Gasteiger charge is 2.25. The summed E-state index contributed by atoms with van der Waals surface area (Å²) in [6.45, 7) is 4.93. The second kappa shape index (κ2) is 5.39. The highest BCUT2D eigenvalue weighted by Crippen LogP contribution is 2.18. The number of carbonyl (C=O) groups is 1. The number of pyridine rings is 1. The van der Waals surface area contributed by atoms with Crippen LogP contribution in [0.4, 0.5) is 0 Å². The van der Waals surface area contributed by atoms with Crippen LogP contribution in [0.5, 0.6) is 0 Å². The Kier molecular flexibility index (Phi) is 4.14. The van der Waals surface area contributed by atoms with Crippen LogP contribution in [0.3, 0.4) is 0 Å². The average Bonchev–Trinajstić information content (AvgIpc) is 2.28. The number of rotatable bonds is 3. The normalized spacial score (nSPS) is 12.6. The Labute approximate surface area is 104 Å². The lowest BCUT2D eigenvalue weighted by Gasteiger charge is -2.19. The van der Waals surface area contributed by atoms with Crippen molar-refractivity contribution in [3.05, 3.63) is 40.7 Å². The van der Waals surface area contributed by atoms with Gasteiger partial charge in [-0.1, -0.05) is 6.07 Å². The Morgan fingerprint density at radius 2 is 2.06 bits per heavy atom. The summed E-state index contributed by atoms with van der Waals surface area (Å²) in [5.74, 6) is -1.58. The Morgan fingerprint density at radius 1 is 1.39 bits per heavy atom. The molecule has 0 saturated carbocycles. The van der Waals surface area contributed by atoms with E-state index in [1.54, 1.807) is 32.9 Å². The highest BCUT2D eigenvalue weighted by atomic mass is 16.6. The van der Waals surface area contributed by atoms with Crippen molar-refractivity contribution >= 4 is 11.7 Å². The van der Waals surface area contributed by atoms with Crippen molar-refractivity contribution in [1.82, 2.24) is 4.98 Å². The highest BCUT2D eigenvalue weighted by molar-refractivity contribution is 5.95. The third-order valence-corrected chi connectivity index (χ3v) is 1.82. The summed E-state index contributed by atoms with van der Waals surface area (Å²) in [7, 11) is 0. The van der Waals surface area contributed by atoms with Crippen molar-refractivity contribution in [1.29, 1.82) is 0 Å². The lowest BCUT2D eigenvalue weighted by molar-refractivity contribution is -0.149. The first-order valence-corrected chi connectivity index (χ1v) is 5.26. The number of aromatic nitrogens is 1. The summed E-state index contributed by atoms with van der Waals surface area (Å²) in [5.41, 5.74) is -1.39. The smallest absolute Gasteiger partial charge is 0.365 e. The zero-order chi connectivity index (χ0) is 13.8. The fourth-order valence-corrected chi connectivity index (χ4v) is 1.13. The van der Waals surface area contributed by atoms with Crippen molar-refractivity contribution in [3.8, 4) is 0 Å². The van der Waals surface area contributed by atoms with E-state index in [0.29, 0.717) is 0 Å². The van der Waals surface area contributed by atoms with Crippen molar-refractivity contribution < 1.29 is 14.6 Å². The monoisotopic (exact) mass is 250 g/mol. The summed E-state index contributed by atoms with van der Waals surface area (Å²) in [5, 5.41) is 12.3. The molecule has 1 rings (SSSR count). The molecule has 1 aromatic heterocycles. The molecule has 0 atom stereocenters. The molecule has 0 fully saturated rings. The third kappa shape index (κ3) is 3.65. The summed E-state index contributed by atoms with van der Waals surface area (Å²) in [4.78, 5) is 26.1. The molecule has 1 heterocycles. The predicted molar refractivity (Wildman–Crippen MR) is 65.4 cm³/mol. The van der Waals surface area contributed by atoms with Crippen LogP contribution in [0.2, 0.25) is 0 Å². The molecular formula is C12H14N2O4. The SMILES string of the molecule is CC(C)(C)OC(=O)C(N=O)=C(O)c1ccccn1. The van der Waals surface area contributed by atoms with E-state index in [0.717, 1.165) is 0 Å². The zero-order valence-corrected chi connectivity index (χ0v) is 10.4. The van der Waals surface area contributed by atoms with Crippen LogP contribution in [0.25, 0.3) is 5.76 Å². The second-order valence-electron chi connectivity index (χ2n) is 4.51. The second-order valence-corrected chi connectivity index (χ2v) is 4.51. The van der Waals surface area contributed by atoms with Crippen LogP contribution in [0.15, 0.2) is 35.3 Å². The van der Waals surface area contributed by atoms with Gasteiger partial charge in [0, 0.05) is 6.20 Å². The van der Waals surface area contributed by atoms with Gasteiger partial charge in [0.25, 0.3) is 0 Å². The minimum Gasteiger partial charge on any atom is -0.504 e. The molecule has 0 unspecified atom stereocenters. The lowest BCUT2D eigenvalue weighted by atomic mass is 10.2. The Bertz CT molecular complexity index is 475. The van der Waals surface area contributed by atoms with Crippen molar-refractivity contribution in [2.45, 2.75) is 26.4 Å². The van der Waals surface area contributed by atoms with E-state index >= 15 is 0 Å². The fourth-order valence-electron chi connectivity index (χ4n) is 1.13. The van der Waals surface area contributed by atoms with Gasteiger partial charge in [-0.05, 0) is 38.1 Å². The molecule has 96 valence electrons. The third-order valence-electron chi connectivity index (χ3n) is 1.82. The summed E-state index contributed by atoms with van der Waals surface area (Å²) in [6.07, 6.45) is 1.42. The number of ether oxygens (including phenoxy) is 1. The minimum absolute atomic E-state index is 0.0814. The number of nitroso groups, excluding NO2 is 1. The standard InChI is InChI=1S/C12H14N2O4/c1-12(2,3)18-11(16)9(14-17)10(15)8-6-4-5-7-13-8/h4-7,15H,1-3H3. The van der Waals surface area contributed by atoms with Gasteiger partial charge in [-0.2, -0.15) is 0 Å². The molecule has 0 aliphatic rings. The fraction of sp³-hybridized carbons (Fsp3) is 0.333. The van der Waals surface area contributed by atoms with Crippen LogP contribution >= 0.6 is 0 Å². The topological polar surface area (TPSA) is 88.8 Å². The summed E-state index contributed by atoms with van der Waals surface area (Å²) >= 11 is 0. The van der Waals surface area contributed by atoms with E-state index in [-0.39, 0.29) is 5.69 Å². The molecular weight excluding hydrogens is 236 g/mol. The van der Waals surface area contributed by atoms with Crippen LogP contribution in [-0.4, -0.2) is 21.7 Å². The van der Waals surface area contributed by atoms with Crippen LogP contribution in [-0.2, 0) is 9.53 Å². The molecule has 6 nitrogen and oxygen atoms in total. The van der Waals surface area contributed by atoms with Crippen LogP contribution in [0, 0.1) is 4.91 Å². The van der Waals surface area contributed by atoms with Gasteiger partial charge in [0.15, 0.2) is 5.76 Å². The quantitative estimate of drug-likeness (QED) is 0.385. The van der Waals surface area contributed by atoms with Gasteiger partial charge in [-0.3, -0.25) is 4.98 Å². The van der Waals surface area contributed by atoms with E-state index < -0.39 is 23.0 Å². The lowest BCUT2D eigenvalue weighted by Crippen LogP contribution is -2.25. The molecule has 18 heavy (non-hydrogen) atoms. The van der Waals surface area contributed by atoms with E-state index in [1.807, 2.05) is 0 Å². The predicted octanol–water partition coefficient (Wildman–Crippen LogP) is 2.42. The molecule has 1 aromatic rings. The molecule has 0 radical (unpaired) electrons. The number of esters is 1. The van der Waals surface area contributed by atoms with Crippen molar-refractivity contribution in [3.63, 3.8) is 0 Å². The number of nitrogens with zero attached hydrogens (tertiary/aromatic N) is 2. The average molecular weight is 250 g/mol. The zero-order valence-electron chi connectivity index (χ0n) is 10.4. The van der Waals surface area contributed by atoms with E-state index in [4.69, 9.17) is 4.74 Å². The minimum atomic E-state index is -0.986. The molecule has 0 amide bonds. The van der Waals surface area contributed by atoms with E-state index in [9.17, 15) is 14.8 Å². The maximum absolute atomic E-state index is 11.6. The largest absolute Gasteiger partial charge is 0.504 e. The van der Waals surface area contributed by atoms with E-state index in [2.05, 4.69) is 10.2 Å². The molecule has 0 aromatic carbocycles. The van der Waals surface area contributed by atoms with Gasteiger partial charge in [0.2, 0.25) is 5.70 Å². The summed E-state index contributed by atoms with van der Waals surface area (Å²) < 4.78 is 4.96. The van der Waals surface area contributed by atoms with Crippen molar-refractivity contribution in [2.75, 3.05) is 0 Å². The van der Waals surface area contributed by atoms with Crippen molar-refractivity contribution in [2.24, 2.45) is 5.18 Å². The van der Waals surface area contributed by atoms with Gasteiger partial charge < -0.3 is 9.84 Å². The summed E-state index contributed by atoms with van der Waals surface area (Å²) in [6, 6.07) is 4.69. The first-order valence-electron chi connectivity index (χ1n) is 5.26. The Hall–Kier alpha value is -2.24. The first kappa shape index (κ1) is 13.8. The first-order chi connectivity index (χ1) is 8.35. The molecule has 0 saturated heterocycles. The molecule has 0 bridgehead atoms. The number of hydrogen-bond donors (Lipinski definition) is 1. The van der Waals surface area contributed by atoms with Gasteiger partial charge in [-0.25, -0.2) is 4.79 Å². The molecule has 1 N–H and O–H groups in total. The number of carbonyl (C=O) groups excluding carboxylic acids is 1. The number of hydrogen-bond acceptors (Lipinski definition) is 6. The van der Waals surface area contributed by atoms with Gasteiger partial charge in [0.05, 0.1) is 0 Å². The maximum Gasteiger partial charge on any atom is 0.365 e. The van der Waals surface area contributed by atoms with Crippen LogP contribution in [0.1, 0.15) is 26.5 Å². The number of aliphatic hydroxyl groups excluding tert-OH is 1. The van der Waals surface area contributed by atoms with Gasteiger partial charge in [0.1, 0.15) is 11.3 Å². The number of aliphatic hydroxyl groups is 1. The molecule has 6 heteroatoms. The molecule has 0 spiro atoms. The van der Waals surface area contributed by atoms with Gasteiger partial charge in [-0.15, -0.1) is 4.91 Å². The Morgan fingerprint density at radius 3 is 2.50 bits per heavy atom. The van der Waals surface area contributed by atoms with Crippen LogP contribution < -0.4 is 0 Å². The maximum atomic E-state index is 11.6. The molecule has 0 aliphatic heterocycles.